The molecular weight excluding hydrogens is 608 g/mol. The average molecular weight is 647 g/mol. The van der Waals surface area contributed by atoms with Crippen LogP contribution < -0.4 is 0 Å². The van der Waals surface area contributed by atoms with Crippen molar-refractivity contribution in [2.75, 3.05) is 66.1 Å². The van der Waals surface area contributed by atoms with Crippen LogP contribution in [0.25, 0.3) is 0 Å². The Bertz CT molecular complexity index is 1180. The Morgan fingerprint density at radius 2 is 0.638 bits per heavy atom. The molecule has 11 heteroatoms. The van der Waals surface area contributed by atoms with Crippen molar-refractivity contribution >= 4 is 0 Å². The molecule has 11 nitrogen and oxygen atoms in total. The van der Waals surface area contributed by atoms with Crippen LogP contribution in [0.3, 0.4) is 0 Å². The molecule has 0 aromatic carbocycles. The smallest absolute Gasteiger partial charge is 0.190 e. The zero-order valence-corrected chi connectivity index (χ0v) is 26.0. The molecule has 0 radical (unpaired) electrons. The Hall–Kier alpha value is -3.96. The van der Waals surface area contributed by atoms with Gasteiger partial charge in [0.05, 0.1) is 13.2 Å². The van der Waals surface area contributed by atoms with Crippen LogP contribution in [-0.2, 0) is 52.1 Å². The van der Waals surface area contributed by atoms with Gasteiger partial charge in [0.25, 0.3) is 0 Å². The Morgan fingerprint density at radius 1 is 0.362 bits per heavy atom. The van der Waals surface area contributed by atoms with Crippen LogP contribution in [0, 0.1) is 98.8 Å². The van der Waals surface area contributed by atoms with Crippen LogP contribution in [0.1, 0.15) is 0 Å². The maximum atomic E-state index is 6.47. The first-order chi connectivity index (χ1) is 23.0. The predicted molar refractivity (Wildman–Crippen MR) is 169 cm³/mol. The van der Waals surface area contributed by atoms with Crippen LogP contribution in [0.15, 0.2) is 0 Å². The Morgan fingerprint density at radius 3 is 0.936 bits per heavy atom. The molecule has 248 valence electrons. The molecule has 0 aromatic rings. The van der Waals surface area contributed by atoms with Crippen molar-refractivity contribution in [2.45, 2.75) is 61.4 Å². The zero-order chi connectivity index (χ0) is 34.3. The van der Waals surface area contributed by atoms with Crippen molar-refractivity contribution in [1.29, 1.82) is 0 Å². The third-order valence-corrected chi connectivity index (χ3v) is 6.54. The molecule has 0 bridgehead atoms. The fourth-order valence-electron chi connectivity index (χ4n) is 4.85. The lowest BCUT2D eigenvalue weighted by Crippen LogP contribution is -2.66. The van der Waals surface area contributed by atoms with Gasteiger partial charge in [0.2, 0.25) is 0 Å². The first kappa shape index (κ1) is 39.2. The molecule has 0 N–H and O–H groups in total. The van der Waals surface area contributed by atoms with Gasteiger partial charge in [-0.3, -0.25) is 0 Å². The standard InChI is InChI=1S/C36H38O11/c1-9-17-37-25-27-29(39-19-11-3)31(41-21-13-5)33(43-23-15-7)35(45-27)47-36-34(44-24-16-8)32(42-22-14-6)30(40-20-12-4)28(46-36)26-38-18-10-2/h1-8,27-36H,17-26H2/t27?,28?,29-,30-,31?,32?,33+,34+,35+,36+/m1/s1. The molecule has 2 saturated heterocycles. The molecule has 47 heavy (non-hydrogen) atoms. The largest absolute Gasteiger partial charge is 0.366 e. The van der Waals surface area contributed by atoms with E-state index in [0.717, 1.165) is 0 Å². The molecule has 2 rings (SSSR count). The molecule has 0 saturated carbocycles. The normalized spacial score (nSPS) is 29.7. The molecule has 2 heterocycles. The molecule has 0 aromatic heterocycles. The second-order valence-electron chi connectivity index (χ2n) is 9.54. The lowest BCUT2D eigenvalue weighted by atomic mass is 9.97. The molecule has 0 spiro atoms. The second kappa shape index (κ2) is 23.4. The molecule has 2 aliphatic heterocycles. The minimum absolute atomic E-state index is 0.0134. The zero-order valence-electron chi connectivity index (χ0n) is 26.0. The third-order valence-electron chi connectivity index (χ3n) is 6.54. The Labute approximate surface area is 278 Å². The maximum Gasteiger partial charge on any atom is 0.190 e. The first-order valence-corrected chi connectivity index (χ1v) is 14.3. The average Bonchev–Trinajstić information content (AvgIpc) is 3.08. The third kappa shape index (κ3) is 12.3. The summed E-state index contributed by atoms with van der Waals surface area (Å²) < 4.78 is 66.3. The molecular formula is C36H38O11. The molecule has 0 aliphatic carbocycles. The fourth-order valence-corrected chi connectivity index (χ4v) is 4.85. The van der Waals surface area contributed by atoms with Crippen molar-refractivity contribution in [1.82, 2.24) is 0 Å². The fraction of sp³-hybridized carbons (Fsp3) is 0.556. The summed E-state index contributed by atoms with van der Waals surface area (Å²) in [6.07, 6.45) is 34.0. The lowest BCUT2D eigenvalue weighted by Gasteiger charge is -2.49. The van der Waals surface area contributed by atoms with Gasteiger partial charge < -0.3 is 52.1 Å². The van der Waals surface area contributed by atoms with Gasteiger partial charge in [-0.25, -0.2) is 0 Å². The van der Waals surface area contributed by atoms with Crippen LogP contribution >= 0.6 is 0 Å². The van der Waals surface area contributed by atoms with Crippen molar-refractivity contribution in [2.24, 2.45) is 0 Å². The highest BCUT2D eigenvalue weighted by Gasteiger charge is 2.54. The van der Waals surface area contributed by atoms with Crippen molar-refractivity contribution in [3.8, 4) is 98.8 Å². The predicted octanol–water partition coefficient (Wildman–Crippen LogP) is -0.137. The van der Waals surface area contributed by atoms with E-state index in [4.69, 9.17) is 103 Å². The van der Waals surface area contributed by atoms with Crippen LogP contribution in [0.2, 0.25) is 0 Å². The number of terminal acetylenes is 8. The van der Waals surface area contributed by atoms with E-state index in [1.807, 2.05) is 0 Å². The maximum absolute atomic E-state index is 6.47. The quantitative estimate of drug-likeness (QED) is 0.131. The van der Waals surface area contributed by atoms with Crippen LogP contribution in [0.5, 0.6) is 0 Å². The van der Waals surface area contributed by atoms with E-state index in [9.17, 15) is 0 Å². The summed E-state index contributed by atoms with van der Waals surface area (Å²) in [5.74, 6) is 19.4. The molecule has 2 fully saturated rings. The van der Waals surface area contributed by atoms with Gasteiger partial charge in [-0.15, -0.1) is 51.4 Å². The van der Waals surface area contributed by atoms with E-state index in [1.54, 1.807) is 0 Å². The highest BCUT2D eigenvalue weighted by Crippen LogP contribution is 2.34. The summed E-state index contributed by atoms with van der Waals surface area (Å²) in [5, 5.41) is 0. The van der Waals surface area contributed by atoms with E-state index >= 15 is 0 Å². The van der Waals surface area contributed by atoms with E-state index in [-0.39, 0.29) is 66.1 Å². The van der Waals surface area contributed by atoms with E-state index in [1.165, 1.54) is 0 Å². The van der Waals surface area contributed by atoms with Gasteiger partial charge in [0, 0.05) is 0 Å². The van der Waals surface area contributed by atoms with Gasteiger partial charge in [0.15, 0.2) is 12.6 Å². The minimum Gasteiger partial charge on any atom is -0.366 e. The van der Waals surface area contributed by atoms with Gasteiger partial charge in [-0.1, -0.05) is 47.4 Å². The summed E-state index contributed by atoms with van der Waals surface area (Å²) in [4.78, 5) is 0. The summed E-state index contributed by atoms with van der Waals surface area (Å²) >= 11 is 0. The second-order valence-corrected chi connectivity index (χ2v) is 9.54. The van der Waals surface area contributed by atoms with Gasteiger partial charge in [-0.2, -0.15) is 0 Å². The van der Waals surface area contributed by atoms with E-state index < -0.39 is 61.4 Å². The molecule has 2 aliphatic rings. The van der Waals surface area contributed by atoms with Gasteiger partial charge in [-0.05, 0) is 0 Å². The summed E-state index contributed by atoms with van der Waals surface area (Å²) in [7, 11) is 0. The molecule has 10 atom stereocenters. The summed E-state index contributed by atoms with van der Waals surface area (Å²) in [5.41, 5.74) is 0. The van der Waals surface area contributed by atoms with Crippen molar-refractivity contribution < 1.29 is 52.1 Å². The number of ether oxygens (including phenoxy) is 11. The molecule has 0 amide bonds. The Balaban J connectivity index is 2.59. The number of rotatable bonds is 20. The number of hydrogen-bond donors (Lipinski definition) is 0. The molecule has 4 unspecified atom stereocenters. The van der Waals surface area contributed by atoms with E-state index in [2.05, 4.69) is 47.4 Å². The van der Waals surface area contributed by atoms with Gasteiger partial charge in [0.1, 0.15) is 102 Å². The van der Waals surface area contributed by atoms with Crippen LogP contribution in [-0.4, -0.2) is 127 Å². The van der Waals surface area contributed by atoms with Crippen molar-refractivity contribution in [3.05, 3.63) is 0 Å². The minimum atomic E-state index is -1.26. The van der Waals surface area contributed by atoms with Crippen molar-refractivity contribution in [3.63, 3.8) is 0 Å². The SMILES string of the molecule is C#CCOCC1O[C@@H](O[C@@H]2OC(COCC#C)[C@@H](OCC#C)C(OCC#C)[C@@H]2OCC#C)[C@@H](OCC#C)C(OCC#C)[C@@H]1OCC#C. The topological polar surface area (TPSA) is 102 Å². The van der Waals surface area contributed by atoms with E-state index in [0.29, 0.717) is 0 Å². The number of hydrogen-bond acceptors (Lipinski definition) is 11. The highest BCUT2D eigenvalue weighted by atomic mass is 16.8. The highest BCUT2D eigenvalue weighted by molar-refractivity contribution is 5.01. The monoisotopic (exact) mass is 646 g/mol. The first-order valence-electron chi connectivity index (χ1n) is 14.3. The van der Waals surface area contributed by atoms with Crippen LogP contribution in [0.4, 0.5) is 0 Å². The van der Waals surface area contributed by atoms with Gasteiger partial charge >= 0.3 is 0 Å². The lowest BCUT2D eigenvalue weighted by molar-refractivity contribution is -0.388. The summed E-state index contributed by atoms with van der Waals surface area (Å²) in [6.45, 7) is -0.876. The Kier molecular flexibility index (Phi) is 19.5. The summed E-state index contributed by atoms with van der Waals surface area (Å²) in [6, 6.07) is 0.